The van der Waals surface area contributed by atoms with E-state index in [0.717, 1.165) is 4.90 Å². The number of thioether (sulfide) groups is 1. The molecule has 3 nitrogen and oxygen atoms in total. The first-order valence-corrected chi connectivity index (χ1v) is 7.64. The third kappa shape index (κ3) is 5.14. The minimum Gasteiger partial charge on any atom is -0.512 e. The molecule has 0 spiro atoms. The van der Waals surface area contributed by atoms with Gasteiger partial charge >= 0.3 is 0 Å². The largest absolute Gasteiger partial charge is 0.512 e. The zero-order chi connectivity index (χ0) is 16.2. The number of carbonyl (C=O) groups is 1. The molecule has 0 atom stereocenters. The molecule has 0 fully saturated rings. The molecule has 21 heavy (non-hydrogen) atoms. The summed E-state index contributed by atoms with van der Waals surface area (Å²) in [5.41, 5.74) is 0.973. The van der Waals surface area contributed by atoms with Crippen LogP contribution in [0.15, 0.2) is 52.8 Å². The minimum absolute atomic E-state index is 0.142. The number of aliphatic hydroxyl groups is 1. The van der Waals surface area contributed by atoms with Crippen LogP contribution in [0.4, 0.5) is 0 Å². The summed E-state index contributed by atoms with van der Waals surface area (Å²) in [6, 6.07) is 7.33. The van der Waals surface area contributed by atoms with Gasteiger partial charge in [-0.25, -0.2) is 0 Å². The Kier molecular flexibility index (Phi) is 5.93. The van der Waals surface area contributed by atoms with E-state index in [1.807, 2.05) is 26.0 Å². The zero-order valence-electron chi connectivity index (χ0n) is 12.7. The van der Waals surface area contributed by atoms with Crippen LogP contribution in [0, 0.1) is 0 Å². The number of rotatable bonds is 5. The lowest BCUT2D eigenvalue weighted by Crippen LogP contribution is -2.39. The third-order valence-corrected chi connectivity index (χ3v) is 4.45. The van der Waals surface area contributed by atoms with Crippen LogP contribution in [0.5, 0.6) is 0 Å². The summed E-state index contributed by atoms with van der Waals surface area (Å²) in [4.78, 5) is 13.3. The Morgan fingerprint density at radius 2 is 1.81 bits per heavy atom. The molecule has 1 aromatic rings. The van der Waals surface area contributed by atoms with Crippen molar-refractivity contribution in [1.29, 1.82) is 0 Å². The van der Waals surface area contributed by atoms with Gasteiger partial charge in [-0.15, -0.1) is 11.8 Å². The standard InChI is InChI=1S/C16H20ClNO2S/c1-10(12(3)19)11(2)18-15(20)16(4,5)21-14-8-6-13(17)7-9-14/h6-9,19H,2H2,1,3-5H3,(H,18,20)/b12-10-. The average Bonchev–Trinajstić information content (AvgIpc) is 2.39. The zero-order valence-corrected chi connectivity index (χ0v) is 14.2. The van der Waals surface area contributed by atoms with Crippen molar-refractivity contribution in [3.8, 4) is 0 Å². The highest BCUT2D eigenvalue weighted by molar-refractivity contribution is 8.01. The Balaban J connectivity index is 2.78. The maximum absolute atomic E-state index is 12.4. The smallest absolute Gasteiger partial charge is 0.240 e. The van der Waals surface area contributed by atoms with Crippen molar-refractivity contribution >= 4 is 29.3 Å². The molecule has 1 rings (SSSR count). The van der Waals surface area contributed by atoms with Crippen LogP contribution in [0.3, 0.4) is 0 Å². The van der Waals surface area contributed by atoms with Crippen LogP contribution < -0.4 is 5.32 Å². The molecule has 0 aliphatic rings. The van der Waals surface area contributed by atoms with Crippen molar-refractivity contribution in [3.63, 3.8) is 0 Å². The Morgan fingerprint density at radius 1 is 1.29 bits per heavy atom. The minimum atomic E-state index is -0.680. The number of allylic oxidation sites excluding steroid dienone is 2. The van der Waals surface area contributed by atoms with E-state index in [-0.39, 0.29) is 11.7 Å². The highest BCUT2D eigenvalue weighted by Crippen LogP contribution is 2.33. The maximum Gasteiger partial charge on any atom is 0.240 e. The Bertz CT molecular complexity index is 572. The molecule has 0 aliphatic heterocycles. The van der Waals surface area contributed by atoms with Crippen molar-refractivity contribution in [2.24, 2.45) is 0 Å². The van der Waals surface area contributed by atoms with Gasteiger partial charge in [-0.3, -0.25) is 4.79 Å². The number of nitrogens with one attached hydrogen (secondary N) is 1. The number of benzene rings is 1. The van der Waals surface area contributed by atoms with E-state index in [4.69, 9.17) is 11.6 Å². The molecule has 1 amide bonds. The number of amides is 1. The normalized spacial score (nSPS) is 12.6. The van der Waals surface area contributed by atoms with Crippen molar-refractivity contribution < 1.29 is 9.90 Å². The lowest BCUT2D eigenvalue weighted by atomic mass is 10.1. The van der Waals surface area contributed by atoms with Crippen LogP contribution in [-0.2, 0) is 4.79 Å². The summed E-state index contributed by atoms with van der Waals surface area (Å²) >= 11 is 7.28. The average molecular weight is 326 g/mol. The summed E-state index contributed by atoms with van der Waals surface area (Å²) in [5.74, 6) is -0.0310. The summed E-state index contributed by atoms with van der Waals surface area (Å²) in [7, 11) is 0. The van der Waals surface area contributed by atoms with Gasteiger partial charge in [0.25, 0.3) is 0 Å². The first-order chi connectivity index (χ1) is 9.63. The number of carbonyl (C=O) groups excluding carboxylic acids is 1. The second-order valence-corrected chi connectivity index (χ2v) is 7.34. The lowest BCUT2D eigenvalue weighted by Gasteiger charge is -2.24. The Morgan fingerprint density at radius 3 is 2.29 bits per heavy atom. The van der Waals surface area contributed by atoms with Gasteiger partial charge in [0.1, 0.15) is 0 Å². The van der Waals surface area contributed by atoms with Crippen molar-refractivity contribution in [2.45, 2.75) is 37.3 Å². The fourth-order valence-electron chi connectivity index (χ4n) is 1.44. The molecule has 0 aromatic heterocycles. The van der Waals surface area contributed by atoms with Crippen LogP contribution in [0.25, 0.3) is 0 Å². The molecule has 0 radical (unpaired) electrons. The fraction of sp³-hybridized carbons (Fsp3) is 0.312. The van der Waals surface area contributed by atoms with Gasteiger partial charge < -0.3 is 10.4 Å². The maximum atomic E-state index is 12.4. The molecule has 1 aromatic carbocycles. The number of hydrogen-bond donors (Lipinski definition) is 2. The summed E-state index contributed by atoms with van der Waals surface area (Å²) in [6.45, 7) is 10.7. The van der Waals surface area contributed by atoms with Crippen LogP contribution in [0.1, 0.15) is 27.7 Å². The van der Waals surface area contributed by atoms with Gasteiger partial charge in [-0.1, -0.05) is 18.2 Å². The molecular weight excluding hydrogens is 306 g/mol. The van der Waals surface area contributed by atoms with E-state index >= 15 is 0 Å². The molecule has 0 aliphatic carbocycles. The van der Waals surface area contributed by atoms with Crippen LogP contribution >= 0.6 is 23.4 Å². The third-order valence-electron chi connectivity index (χ3n) is 2.99. The van der Waals surface area contributed by atoms with Gasteiger partial charge in [0.2, 0.25) is 5.91 Å². The Hall–Kier alpha value is -1.39. The van der Waals surface area contributed by atoms with E-state index in [0.29, 0.717) is 16.3 Å². The number of hydrogen-bond acceptors (Lipinski definition) is 3. The topological polar surface area (TPSA) is 49.3 Å². The molecule has 114 valence electrons. The molecular formula is C16H20ClNO2S. The SMILES string of the molecule is C=C(NC(=O)C(C)(C)Sc1ccc(Cl)cc1)/C(C)=C(/C)O. The quantitative estimate of drug-likeness (QED) is 0.469. The van der Waals surface area contributed by atoms with E-state index in [9.17, 15) is 9.90 Å². The molecule has 0 saturated heterocycles. The van der Waals surface area contributed by atoms with Crippen molar-refractivity contribution in [3.05, 3.63) is 52.9 Å². The first kappa shape index (κ1) is 17.7. The lowest BCUT2D eigenvalue weighted by molar-refractivity contribution is -0.121. The van der Waals surface area contributed by atoms with Crippen LogP contribution in [0.2, 0.25) is 5.02 Å². The molecule has 2 N–H and O–H groups in total. The van der Waals surface area contributed by atoms with Gasteiger partial charge in [0, 0.05) is 21.2 Å². The Labute approximate surface area is 135 Å². The van der Waals surface area contributed by atoms with Gasteiger partial charge in [0.15, 0.2) is 0 Å². The van der Waals surface area contributed by atoms with E-state index in [2.05, 4.69) is 11.9 Å². The molecule has 5 heteroatoms. The highest BCUT2D eigenvalue weighted by Gasteiger charge is 2.29. The summed E-state index contributed by atoms with van der Waals surface area (Å²) in [6.07, 6.45) is 0. The molecule has 0 saturated carbocycles. The second-order valence-electron chi connectivity index (χ2n) is 5.21. The highest BCUT2D eigenvalue weighted by atomic mass is 35.5. The van der Waals surface area contributed by atoms with Gasteiger partial charge in [-0.05, 0) is 52.0 Å². The second kappa shape index (κ2) is 7.05. The fourth-order valence-corrected chi connectivity index (χ4v) is 2.57. The van der Waals surface area contributed by atoms with Crippen LogP contribution in [-0.4, -0.2) is 15.8 Å². The molecule has 0 unspecified atom stereocenters. The van der Waals surface area contributed by atoms with E-state index in [1.54, 1.807) is 26.0 Å². The van der Waals surface area contributed by atoms with Gasteiger partial charge in [0.05, 0.1) is 10.5 Å². The van der Waals surface area contributed by atoms with E-state index in [1.165, 1.54) is 11.8 Å². The first-order valence-electron chi connectivity index (χ1n) is 6.45. The van der Waals surface area contributed by atoms with Gasteiger partial charge in [-0.2, -0.15) is 0 Å². The molecule has 0 heterocycles. The van der Waals surface area contributed by atoms with Crippen molar-refractivity contribution in [1.82, 2.24) is 5.32 Å². The van der Waals surface area contributed by atoms with E-state index < -0.39 is 4.75 Å². The predicted molar refractivity (Wildman–Crippen MR) is 89.7 cm³/mol. The summed E-state index contributed by atoms with van der Waals surface area (Å²) in [5, 5.41) is 12.8. The van der Waals surface area contributed by atoms with Crippen molar-refractivity contribution in [2.75, 3.05) is 0 Å². The predicted octanol–water partition coefficient (Wildman–Crippen LogP) is 4.69. The summed E-state index contributed by atoms with van der Waals surface area (Å²) < 4.78 is -0.680. The number of aliphatic hydroxyl groups excluding tert-OH is 1. The monoisotopic (exact) mass is 325 g/mol. The number of halogens is 1. The molecule has 0 bridgehead atoms.